The third-order valence-corrected chi connectivity index (χ3v) is 8.09. The Morgan fingerprint density at radius 1 is 1.26 bits per heavy atom. The van der Waals surface area contributed by atoms with Crippen LogP contribution in [0.3, 0.4) is 0 Å². The quantitative estimate of drug-likeness (QED) is 0.428. The first-order chi connectivity index (χ1) is 18.4. The van der Waals surface area contributed by atoms with Crippen LogP contribution in [0.2, 0.25) is 0 Å². The number of pyridine rings is 1. The number of aliphatic hydroxyl groups excluding tert-OH is 1. The number of benzene rings is 1. The zero-order valence-corrected chi connectivity index (χ0v) is 21.7. The fourth-order valence-electron chi connectivity index (χ4n) is 6.48. The van der Waals surface area contributed by atoms with Crippen LogP contribution in [0.25, 0.3) is 0 Å². The van der Waals surface area contributed by atoms with Crippen LogP contribution in [0.15, 0.2) is 78.7 Å². The van der Waals surface area contributed by atoms with Gasteiger partial charge in [-0.25, -0.2) is 0 Å². The Labute approximate surface area is 223 Å². The molecule has 1 saturated heterocycles. The monoisotopic (exact) mass is 515 g/mol. The predicted molar refractivity (Wildman–Crippen MR) is 142 cm³/mol. The number of aromatic nitrogens is 1. The highest BCUT2D eigenvalue weighted by Crippen LogP contribution is 2.68. The van der Waals surface area contributed by atoms with E-state index in [-0.39, 0.29) is 5.57 Å². The lowest BCUT2D eigenvalue weighted by atomic mass is 9.70. The van der Waals surface area contributed by atoms with Crippen molar-refractivity contribution >= 4 is 0 Å². The fourth-order valence-corrected chi connectivity index (χ4v) is 6.48. The van der Waals surface area contributed by atoms with Gasteiger partial charge in [0.05, 0.1) is 50.5 Å². The fraction of sp³-hybridized carbons (Fsp3) is 0.400. The Morgan fingerprint density at radius 2 is 2.00 bits per heavy atom. The molecule has 1 aromatic carbocycles. The highest BCUT2D eigenvalue weighted by Gasteiger charge is 2.77. The van der Waals surface area contributed by atoms with Gasteiger partial charge in [-0.2, -0.15) is 5.26 Å². The Balaban J connectivity index is 1.77. The first-order valence-corrected chi connectivity index (χ1v) is 12.8. The van der Waals surface area contributed by atoms with Gasteiger partial charge in [-0.15, -0.1) is 0 Å². The SMILES string of the molecule is C=C(C#N)/C=C\C(=C/C)[C@@]12Oc3cncc(OC)c3[C@]1(O)[C@H](O)[C@H](CN1CCOCC1)[C@H]2c1ccccc1. The standard InChI is InChI=1S/C30H33N3O5/c1-4-22(11-10-20(2)16-31)30-26(21-8-6-5-7-9-21)23(19-33-12-14-37-15-13-33)28(34)29(30,35)27-24(36-3)17-32-18-25(27)38-30/h4-11,17-18,23,26,28,34-35H,2,12-15,19H2,1,3H3/b11-10-,22-4+/t23-,26-,28-,29+,30+/m1/s1. The first kappa shape index (κ1) is 26.1. The van der Waals surface area contributed by atoms with Crippen molar-refractivity contribution in [1.82, 2.24) is 9.88 Å². The number of methoxy groups -OCH3 is 1. The first-order valence-electron chi connectivity index (χ1n) is 12.8. The maximum Gasteiger partial charge on any atom is 0.176 e. The van der Waals surface area contributed by atoms with Crippen molar-refractivity contribution in [2.45, 2.75) is 30.1 Å². The maximum atomic E-state index is 12.9. The molecule has 0 amide bonds. The van der Waals surface area contributed by atoms with E-state index in [1.165, 1.54) is 13.3 Å². The smallest absolute Gasteiger partial charge is 0.176 e. The number of hydrogen-bond acceptors (Lipinski definition) is 8. The van der Waals surface area contributed by atoms with Crippen LogP contribution in [-0.4, -0.2) is 71.8 Å². The molecule has 5 rings (SSSR count). The molecule has 2 N–H and O–H groups in total. The number of ether oxygens (including phenoxy) is 3. The molecule has 2 fully saturated rings. The number of hydrogen-bond donors (Lipinski definition) is 2. The number of nitrogens with zero attached hydrogens (tertiary/aromatic N) is 3. The van der Waals surface area contributed by atoms with E-state index in [0.717, 1.165) is 18.7 Å². The summed E-state index contributed by atoms with van der Waals surface area (Å²) in [6, 6.07) is 11.9. The lowest BCUT2D eigenvalue weighted by Crippen LogP contribution is -2.55. The highest BCUT2D eigenvalue weighted by molar-refractivity contribution is 5.62. The van der Waals surface area contributed by atoms with Gasteiger partial charge in [0.1, 0.15) is 11.5 Å². The summed E-state index contributed by atoms with van der Waals surface area (Å²) in [6.07, 6.45) is 7.08. The van der Waals surface area contributed by atoms with Crippen LogP contribution in [-0.2, 0) is 10.3 Å². The van der Waals surface area contributed by atoms with Crippen molar-refractivity contribution in [3.05, 3.63) is 89.8 Å². The zero-order chi connectivity index (χ0) is 26.9. The Hall–Kier alpha value is -3.48. The van der Waals surface area contributed by atoms with Crippen molar-refractivity contribution in [1.29, 1.82) is 5.26 Å². The van der Waals surface area contributed by atoms with Crippen molar-refractivity contribution in [2.75, 3.05) is 40.0 Å². The van der Waals surface area contributed by atoms with Gasteiger partial charge in [0.15, 0.2) is 11.2 Å². The molecule has 0 radical (unpaired) electrons. The molecule has 5 atom stereocenters. The van der Waals surface area contributed by atoms with Gasteiger partial charge in [0.25, 0.3) is 0 Å². The van der Waals surface area contributed by atoms with Gasteiger partial charge in [-0.1, -0.05) is 49.1 Å². The minimum Gasteiger partial charge on any atom is -0.495 e. The van der Waals surface area contributed by atoms with E-state index in [1.54, 1.807) is 18.3 Å². The molecule has 1 aromatic heterocycles. The average Bonchev–Trinajstić information content (AvgIpc) is 3.32. The van der Waals surface area contributed by atoms with Crippen LogP contribution in [0.4, 0.5) is 0 Å². The normalized spacial score (nSPS) is 30.9. The summed E-state index contributed by atoms with van der Waals surface area (Å²) < 4.78 is 18.0. The van der Waals surface area contributed by atoms with Gasteiger partial charge in [0.2, 0.25) is 0 Å². The molecule has 0 spiro atoms. The van der Waals surface area contributed by atoms with Crippen molar-refractivity contribution in [2.24, 2.45) is 5.92 Å². The van der Waals surface area contributed by atoms with E-state index in [4.69, 9.17) is 14.2 Å². The lowest BCUT2D eigenvalue weighted by molar-refractivity contribution is -0.132. The molecule has 8 nitrogen and oxygen atoms in total. The Kier molecular flexibility index (Phi) is 7.12. The van der Waals surface area contributed by atoms with Gasteiger partial charge < -0.3 is 24.4 Å². The summed E-state index contributed by atoms with van der Waals surface area (Å²) in [5.74, 6) is -0.182. The molecule has 8 heteroatoms. The van der Waals surface area contributed by atoms with Crippen LogP contribution in [0.5, 0.6) is 11.5 Å². The third kappa shape index (κ3) is 3.86. The molecule has 0 unspecified atom stereocenters. The van der Waals surface area contributed by atoms with E-state index >= 15 is 0 Å². The van der Waals surface area contributed by atoms with Crippen LogP contribution in [0, 0.1) is 17.2 Å². The molecule has 3 heterocycles. The summed E-state index contributed by atoms with van der Waals surface area (Å²) in [6.45, 7) is 8.88. The van der Waals surface area contributed by atoms with Crippen molar-refractivity contribution in [3.8, 4) is 17.6 Å². The zero-order valence-electron chi connectivity index (χ0n) is 21.7. The molecule has 3 aliphatic rings. The molecular weight excluding hydrogens is 482 g/mol. The largest absolute Gasteiger partial charge is 0.495 e. The van der Waals surface area contributed by atoms with Crippen LogP contribution >= 0.6 is 0 Å². The second-order valence-electron chi connectivity index (χ2n) is 9.94. The van der Waals surface area contributed by atoms with Crippen molar-refractivity contribution in [3.63, 3.8) is 0 Å². The van der Waals surface area contributed by atoms with E-state index in [9.17, 15) is 15.5 Å². The average molecular weight is 516 g/mol. The van der Waals surface area contributed by atoms with Gasteiger partial charge in [0, 0.05) is 37.0 Å². The molecule has 1 aliphatic carbocycles. The summed E-state index contributed by atoms with van der Waals surface area (Å²) in [4.78, 5) is 6.53. The number of nitriles is 1. The highest BCUT2D eigenvalue weighted by atomic mass is 16.5. The number of fused-ring (bicyclic) bond motifs is 3. The minimum atomic E-state index is -1.88. The van der Waals surface area contributed by atoms with Crippen molar-refractivity contribution < 1.29 is 24.4 Å². The predicted octanol–water partition coefficient (Wildman–Crippen LogP) is 3.10. The van der Waals surface area contributed by atoms with Gasteiger partial charge >= 0.3 is 0 Å². The molecule has 2 aliphatic heterocycles. The second-order valence-corrected chi connectivity index (χ2v) is 9.94. The summed E-state index contributed by atoms with van der Waals surface area (Å²) in [5, 5.41) is 34.4. The Bertz CT molecular complexity index is 1300. The number of aliphatic hydroxyl groups is 2. The Morgan fingerprint density at radius 3 is 2.66 bits per heavy atom. The van der Waals surface area contributed by atoms with Gasteiger partial charge in [-0.3, -0.25) is 9.88 Å². The topological polar surface area (TPSA) is 108 Å². The van der Waals surface area contributed by atoms with E-state index in [1.807, 2.05) is 49.4 Å². The maximum absolute atomic E-state index is 12.9. The van der Waals surface area contributed by atoms with E-state index in [2.05, 4.69) is 16.5 Å². The summed E-state index contributed by atoms with van der Waals surface area (Å²) >= 11 is 0. The molecule has 198 valence electrons. The second kappa shape index (κ2) is 10.4. The number of allylic oxidation sites excluding steroid dienone is 3. The third-order valence-electron chi connectivity index (χ3n) is 8.09. The molecule has 1 saturated carbocycles. The van der Waals surface area contributed by atoms with Gasteiger partial charge in [-0.05, 0) is 24.1 Å². The molecule has 0 bridgehead atoms. The van der Waals surface area contributed by atoms with Crippen LogP contribution in [0.1, 0.15) is 24.0 Å². The summed E-state index contributed by atoms with van der Waals surface area (Å²) in [7, 11) is 1.51. The number of morpholine rings is 1. The lowest BCUT2D eigenvalue weighted by Gasteiger charge is -2.41. The van der Waals surface area contributed by atoms with E-state index in [0.29, 0.717) is 42.4 Å². The number of rotatable bonds is 7. The molecule has 2 aromatic rings. The molecule has 38 heavy (non-hydrogen) atoms. The van der Waals surface area contributed by atoms with E-state index < -0.39 is 29.1 Å². The molecular formula is C30H33N3O5. The summed E-state index contributed by atoms with van der Waals surface area (Å²) in [5.41, 5.74) is -1.14. The van der Waals surface area contributed by atoms with Crippen LogP contribution < -0.4 is 9.47 Å². The minimum absolute atomic E-state index is 0.263.